The minimum absolute atomic E-state index is 0.0361. The van der Waals surface area contributed by atoms with Crippen molar-refractivity contribution < 1.29 is 15.0 Å². The van der Waals surface area contributed by atoms with Crippen molar-refractivity contribution in [2.75, 3.05) is 13.1 Å². The Morgan fingerprint density at radius 3 is 2.53 bits per heavy atom. The number of β-amino-alcohol motifs (C(OH)–C–C–N with tert-alkyl or cyclic N) is 1. The van der Waals surface area contributed by atoms with Crippen molar-refractivity contribution in [3.8, 4) is 0 Å². The van der Waals surface area contributed by atoms with Gasteiger partial charge in [0.05, 0.1) is 18.6 Å². The van der Waals surface area contributed by atoms with Crippen molar-refractivity contribution in [1.29, 1.82) is 0 Å². The van der Waals surface area contributed by atoms with Crippen LogP contribution in [0.5, 0.6) is 0 Å². The number of aliphatic hydroxyl groups excluding tert-OH is 2. The van der Waals surface area contributed by atoms with Crippen LogP contribution in [0, 0.1) is 0 Å². The second-order valence-electron chi connectivity index (χ2n) is 4.22. The van der Waals surface area contributed by atoms with Gasteiger partial charge in [0.1, 0.15) is 0 Å². The standard InChI is InChI=1S/C12H14ClNO3/c13-9-3-1-8(2-4-9)11(16)5-12(17)14-6-10(15)7-14/h1-4,10-11,15-16H,5-7H2. The first-order chi connectivity index (χ1) is 8.06. The minimum atomic E-state index is -0.822. The maximum Gasteiger partial charge on any atom is 0.225 e. The highest BCUT2D eigenvalue weighted by molar-refractivity contribution is 6.30. The fourth-order valence-electron chi connectivity index (χ4n) is 1.76. The van der Waals surface area contributed by atoms with E-state index in [-0.39, 0.29) is 12.3 Å². The van der Waals surface area contributed by atoms with Gasteiger partial charge >= 0.3 is 0 Å². The smallest absolute Gasteiger partial charge is 0.225 e. The van der Waals surface area contributed by atoms with E-state index in [1.54, 1.807) is 24.3 Å². The third kappa shape index (κ3) is 2.97. The van der Waals surface area contributed by atoms with Gasteiger partial charge in [0.25, 0.3) is 0 Å². The monoisotopic (exact) mass is 255 g/mol. The number of rotatable bonds is 3. The van der Waals surface area contributed by atoms with E-state index in [0.717, 1.165) is 0 Å². The van der Waals surface area contributed by atoms with Crippen LogP contribution in [0.1, 0.15) is 18.1 Å². The van der Waals surface area contributed by atoms with Gasteiger partial charge in [0.15, 0.2) is 0 Å². The summed E-state index contributed by atoms with van der Waals surface area (Å²) in [6.07, 6.45) is -1.20. The predicted molar refractivity (Wildman–Crippen MR) is 63.6 cm³/mol. The number of hydrogen-bond donors (Lipinski definition) is 2. The lowest BCUT2D eigenvalue weighted by Gasteiger charge is -2.36. The third-order valence-electron chi connectivity index (χ3n) is 2.84. The van der Waals surface area contributed by atoms with E-state index in [1.165, 1.54) is 4.90 Å². The molecule has 1 heterocycles. The second kappa shape index (κ2) is 5.04. The van der Waals surface area contributed by atoms with Gasteiger partial charge < -0.3 is 15.1 Å². The van der Waals surface area contributed by atoms with E-state index >= 15 is 0 Å². The van der Waals surface area contributed by atoms with Crippen LogP contribution in [0.4, 0.5) is 0 Å². The second-order valence-corrected chi connectivity index (χ2v) is 4.66. The zero-order valence-corrected chi connectivity index (χ0v) is 9.97. The molecule has 0 radical (unpaired) electrons. The molecule has 2 rings (SSSR count). The molecule has 0 bridgehead atoms. The molecule has 92 valence electrons. The molecule has 2 N–H and O–H groups in total. The molecule has 1 fully saturated rings. The molecule has 1 atom stereocenters. The van der Waals surface area contributed by atoms with Gasteiger partial charge in [-0.3, -0.25) is 4.79 Å². The maximum absolute atomic E-state index is 11.7. The molecule has 1 aromatic rings. The summed E-state index contributed by atoms with van der Waals surface area (Å²) in [6, 6.07) is 6.76. The van der Waals surface area contributed by atoms with Crippen molar-refractivity contribution in [2.24, 2.45) is 0 Å². The predicted octanol–water partition coefficient (Wildman–Crippen LogP) is 0.967. The molecule has 17 heavy (non-hydrogen) atoms. The van der Waals surface area contributed by atoms with E-state index in [1.807, 2.05) is 0 Å². The van der Waals surface area contributed by atoms with Gasteiger partial charge in [0, 0.05) is 18.1 Å². The average molecular weight is 256 g/mol. The molecule has 1 aromatic carbocycles. The summed E-state index contributed by atoms with van der Waals surface area (Å²) in [6.45, 7) is 0.734. The Bertz CT molecular complexity index is 401. The summed E-state index contributed by atoms with van der Waals surface area (Å²) in [5, 5.41) is 19.5. The quantitative estimate of drug-likeness (QED) is 0.846. The fraction of sp³-hybridized carbons (Fsp3) is 0.417. The normalized spacial score (nSPS) is 17.7. The number of amides is 1. The van der Waals surface area contributed by atoms with Crippen molar-refractivity contribution in [3.63, 3.8) is 0 Å². The van der Waals surface area contributed by atoms with Crippen molar-refractivity contribution in [3.05, 3.63) is 34.9 Å². The van der Waals surface area contributed by atoms with Crippen molar-refractivity contribution >= 4 is 17.5 Å². The van der Waals surface area contributed by atoms with E-state index in [2.05, 4.69) is 0 Å². The van der Waals surface area contributed by atoms with Crippen LogP contribution in [0.2, 0.25) is 5.02 Å². The van der Waals surface area contributed by atoms with Gasteiger partial charge in [-0.25, -0.2) is 0 Å². The minimum Gasteiger partial charge on any atom is -0.389 e. The molecule has 4 nitrogen and oxygen atoms in total. The Labute approximate surface area is 104 Å². The molecule has 0 aliphatic carbocycles. The number of carbonyl (C=O) groups excluding carboxylic acids is 1. The van der Waals surface area contributed by atoms with Crippen LogP contribution >= 0.6 is 11.6 Å². The highest BCUT2D eigenvalue weighted by atomic mass is 35.5. The Kier molecular flexibility index (Phi) is 3.66. The van der Waals surface area contributed by atoms with E-state index in [9.17, 15) is 9.90 Å². The highest BCUT2D eigenvalue weighted by Crippen LogP contribution is 2.21. The number of likely N-dealkylation sites (tertiary alicyclic amines) is 1. The summed E-state index contributed by atoms with van der Waals surface area (Å²) in [5.41, 5.74) is 0.670. The number of hydrogen-bond acceptors (Lipinski definition) is 3. The van der Waals surface area contributed by atoms with Crippen LogP contribution in [0.25, 0.3) is 0 Å². The van der Waals surface area contributed by atoms with E-state index in [4.69, 9.17) is 16.7 Å². The van der Waals surface area contributed by atoms with Gasteiger partial charge in [-0.1, -0.05) is 23.7 Å². The Balaban J connectivity index is 1.90. The van der Waals surface area contributed by atoms with Crippen LogP contribution in [-0.4, -0.2) is 40.2 Å². The molecule has 1 aliphatic rings. The molecule has 0 aromatic heterocycles. The number of nitrogens with zero attached hydrogens (tertiary/aromatic N) is 1. The first-order valence-electron chi connectivity index (χ1n) is 5.45. The topological polar surface area (TPSA) is 60.8 Å². The lowest BCUT2D eigenvalue weighted by molar-refractivity contribution is -0.143. The van der Waals surface area contributed by atoms with Crippen LogP contribution in [-0.2, 0) is 4.79 Å². The van der Waals surface area contributed by atoms with Gasteiger partial charge in [0.2, 0.25) is 5.91 Å². The number of halogens is 1. The highest BCUT2D eigenvalue weighted by Gasteiger charge is 2.29. The third-order valence-corrected chi connectivity index (χ3v) is 3.09. The Hall–Kier alpha value is -1.10. The Morgan fingerprint density at radius 2 is 2.00 bits per heavy atom. The lowest BCUT2D eigenvalue weighted by atomic mass is 10.0. The maximum atomic E-state index is 11.7. The first-order valence-corrected chi connectivity index (χ1v) is 5.83. The van der Waals surface area contributed by atoms with Crippen LogP contribution < -0.4 is 0 Å². The summed E-state index contributed by atoms with van der Waals surface area (Å²) in [4.78, 5) is 13.2. The SMILES string of the molecule is O=C(CC(O)c1ccc(Cl)cc1)N1CC(O)C1. The summed E-state index contributed by atoms with van der Waals surface area (Å²) in [7, 11) is 0. The summed E-state index contributed by atoms with van der Waals surface area (Å²) >= 11 is 5.74. The lowest BCUT2D eigenvalue weighted by Crippen LogP contribution is -2.53. The average Bonchev–Trinajstić information content (AvgIpc) is 2.25. The van der Waals surface area contributed by atoms with Gasteiger partial charge in [-0.2, -0.15) is 0 Å². The summed E-state index contributed by atoms with van der Waals surface area (Å²) in [5.74, 6) is -0.141. The molecule has 1 unspecified atom stereocenters. The van der Waals surface area contributed by atoms with Crippen LogP contribution in [0.3, 0.4) is 0 Å². The number of aliphatic hydroxyl groups is 2. The number of benzene rings is 1. The van der Waals surface area contributed by atoms with E-state index < -0.39 is 12.2 Å². The molecule has 1 saturated heterocycles. The number of carbonyl (C=O) groups is 1. The van der Waals surface area contributed by atoms with Gasteiger partial charge in [-0.15, -0.1) is 0 Å². The molecular weight excluding hydrogens is 242 g/mol. The molecular formula is C12H14ClNO3. The van der Waals surface area contributed by atoms with Crippen LogP contribution in [0.15, 0.2) is 24.3 Å². The molecule has 1 aliphatic heterocycles. The molecule has 5 heteroatoms. The molecule has 0 spiro atoms. The molecule has 1 amide bonds. The zero-order valence-electron chi connectivity index (χ0n) is 9.21. The summed E-state index contributed by atoms with van der Waals surface area (Å²) < 4.78 is 0. The zero-order chi connectivity index (χ0) is 12.4. The largest absolute Gasteiger partial charge is 0.389 e. The molecule has 0 saturated carbocycles. The van der Waals surface area contributed by atoms with Crippen molar-refractivity contribution in [1.82, 2.24) is 4.90 Å². The fourth-order valence-corrected chi connectivity index (χ4v) is 1.88. The first kappa shape index (κ1) is 12.4. The van der Waals surface area contributed by atoms with E-state index in [0.29, 0.717) is 23.7 Å². The Morgan fingerprint density at radius 1 is 1.41 bits per heavy atom. The van der Waals surface area contributed by atoms with Gasteiger partial charge in [-0.05, 0) is 17.7 Å². The van der Waals surface area contributed by atoms with Crippen molar-refractivity contribution in [2.45, 2.75) is 18.6 Å².